The molecule has 244 valence electrons. The minimum Gasteiger partial charge on any atom is -0.494 e. The van der Waals surface area contributed by atoms with Crippen LogP contribution in [0.25, 0.3) is 33.4 Å². The maximum absolute atomic E-state index is 14.8. The molecule has 0 aromatic heterocycles. The Morgan fingerprint density at radius 3 is 1.64 bits per heavy atom. The summed E-state index contributed by atoms with van der Waals surface area (Å²) >= 11 is 0. The first-order valence-electron chi connectivity index (χ1n) is 14.9. The Bertz CT molecular complexity index is 1780. The first-order valence-corrected chi connectivity index (χ1v) is 14.9. The lowest BCUT2D eigenvalue weighted by atomic mass is 9.99. The third-order valence-corrected chi connectivity index (χ3v) is 7.59. The molecule has 5 aromatic carbocycles. The quantitative estimate of drug-likeness (QED) is 0.0762. The minimum absolute atomic E-state index is 0.0404. The summed E-state index contributed by atoms with van der Waals surface area (Å²) in [5, 5.41) is 0. The summed E-state index contributed by atoms with van der Waals surface area (Å²) in [7, 11) is 0. The van der Waals surface area contributed by atoms with Gasteiger partial charge in [-0.3, -0.25) is 0 Å². The topological polar surface area (TPSA) is 26.3 Å². The zero-order valence-electron chi connectivity index (χ0n) is 25.3. The molecule has 5 aromatic rings. The van der Waals surface area contributed by atoms with Crippen molar-refractivity contribution >= 4 is 6.79 Å². The van der Waals surface area contributed by atoms with Gasteiger partial charge in [0.25, 0.3) is 0 Å². The predicted molar refractivity (Wildman–Crippen MR) is 168 cm³/mol. The molecule has 0 aliphatic rings. The summed E-state index contributed by atoms with van der Waals surface area (Å²) < 4.78 is 102. The molecule has 0 amide bonds. The number of halogens is 7. The Balaban J connectivity index is 0.00000245. The summed E-state index contributed by atoms with van der Waals surface area (Å²) in [5.41, 5.74) is 2.53. The van der Waals surface area contributed by atoms with Gasteiger partial charge in [0.15, 0.2) is 29.1 Å². The highest BCUT2D eigenvalue weighted by molar-refractivity contribution is 5.71. The molecule has 0 fully saturated rings. The van der Waals surface area contributed by atoms with Gasteiger partial charge in [-0.25, -0.2) is 30.7 Å². The number of ether oxygens (including phenoxy) is 1. The second kappa shape index (κ2) is 16.6. The van der Waals surface area contributed by atoms with Crippen LogP contribution in [0.3, 0.4) is 0 Å². The number of carbonyl (C=O) groups is 1. The van der Waals surface area contributed by atoms with Gasteiger partial charge in [-0.1, -0.05) is 61.7 Å². The molecule has 2 nitrogen and oxygen atoms in total. The number of hydrogen-bond acceptors (Lipinski definition) is 2. The monoisotopic (exact) mass is 652 g/mol. The number of carbonyl (C=O) groups excluding carboxylic acids is 1. The van der Waals surface area contributed by atoms with Crippen molar-refractivity contribution in [1.29, 1.82) is 0 Å². The average Bonchev–Trinajstić information content (AvgIpc) is 3.07. The van der Waals surface area contributed by atoms with E-state index in [1.165, 1.54) is 24.3 Å². The van der Waals surface area contributed by atoms with E-state index in [2.05, 4.69) is 0 Å². The van der Waals surface area contributed by atoms with E-state index in [0.29, 0.717) is 29.9 Å². The molecule has 5 rings (SSSR count). The fraction of sp³-hybridized carbons (Fsp3) is 0.184. The van der Waals surface area contributed by atoms with E-state index in [1.54, 1.807) is 36.4 Å². The van der Waals surface area contributed by atoms with Crippen molar-refractivity contribution in [2.45, 2.75) is 38.5 Å². The van der Waals surface area contributed by atoms with Gasteiger partial charge in [0.1, 0.15) is 24.2 Å². The summed E-state index contributed by atoms with van der Waals surface area (Å²) in [4.78, 5) is 8.00. The maximum Gasteiger partial charge on any atom is 0.194 e. The highest BCUT2D eigenvalue weighted by Gasteiger charge is 2.15. The van der Waals surface area contributed by atoms with Gasteiger partial charge in [0.05, 0.1) is 6.61 Å². The molecule has 47 heavy (non-hydrogen) atoms. The van der Waals surface area contributed by atoms with Crippen molar-refractivity contribution in [1.82, 2.24) is 0 Å². The molecule has 0 N–H and O–H groups in total. The van der Waals surface area contributed by atoms with Crippen LogP contribution in [-0.4, -0.2) is 13.4 Å². The Labute approximate surface area is 268 Å². The van der Waals surface area contributed by atoms with Crippen molar-refractivity contribution in [3.8, 4) is 39.1 Å². The van der Waals surface area contributed by atoms with E-state index in [9.17, 15) is 30.7 Å². The molecular weight excluding hydrogens is 621 g/mol. The lowest BCUT2D eigenvalue weighted by Gasteiger charge is -2.10. The standard InChI is InChI=1S/C37H29F7O.CH2O/c38-31-16-11-26(20-34(31)41)29-14-7-23(18-32(29)39)6-4-2-1-3-5-17-45-28-12-8-24(9-13-28)25-10-15-30(33(40)19-25)27-21-35(42)37(44)36(43)22-27;1-2/h7-16,18-22H,1-6,17H2;1H2. The lowest BCUT2D eigenvalue weighted by molar-refractivity contribution is -0.0980. The van der Waals surface area contributed by atoms with Gasteiger partial charge in [-0.05, 0) is 95.6 Å². The smallest absolute Gasteiger partial charge is 0.194 e. The molecule has 0 saturated heterocycles. The summed E-state index contributed by atoms with van der Waals surface area (Å²) in [6.45, 7) is 2.53. The van der Waals surface area contributed by atoms with Crippen LogP contribution in [0.2, 0.25) is 0 Å². The van der Waals surface area contributed by atoms with Gasteiger partial charge in [0, 0.05) is 11.1 Å². The number of unbranched alkanes of at least 4 members (excludes halogenated alkanes) is 4. The first-order chi connectivity index (χ1) is 22.7. The molecule has 0 atom stereocenters. The summed E-state index contributed by atoms with van der Waals surface area (Å²) in [5.74, 6) is -6.84. The molecule has 0 aliphatic heterocycles. The van der Waals surface area contributed by atoms with Crippen molar-refractivity contribution in [3.63, 3.8) is 0 Å². The Morgan fingerprint density at radius 2 is 0.979 bits per heavy atom. The minimum atomic E-state index is -1.60. The largest absolute Gasteiger partial charge is 0.494 e. The highest BCUT2D eigenvalue weighted by Crippen LogP contribution is 2.31. The van der Waals surface area contributed by atoms with Crippen molar-refractivity contribution in [3.05, 3.63) is 137 Å². The fourth-order valence-electron chi connectivity index (χ4n) is 5.15. The molecule has 0 aliphatic carbocycles. The Hall–Kier alpha value is -4.92. The lowest BCUT2D eigenvalue weighted by Crippen LogP contribution is -1.97. The number of hydrogen-bond donors (Lipinski definition) is 0. The normalized spacial score (nSPS) is 10.8. The average molecular weight is 653 g/mol. The molecular formula is C38H31F7O2. The van der Waals surface area contributed by atoms with E-state index in [0.717, 1.165) is 67.5 Å². The van der Waals surface area contributed by atoms with Crippen molar-refractivity contribution in [2.75, 3.05) is 6.61 Å². The van der Waals surface area contributed by atoms with Gasteiger partial charge in [-0.2, -0.15) is 0 Å². The first kappa shape index (κ1) is 34.9. The summed E-state index contributed by atoms with van der Waals surface area (Å²) in [6.07, 6.45) is 5.41. The molecule has 9 heteroatoms. The van der Waals surface area contributed by atoms with Gasteiger partial charge >= 0.3 is 0 Å². The van der Waals surface area contributed by atoms with E-state index in [1.807, 2.05) is 12.9 Å². The fourth-order valence-corrected chi connectivity index (χ4v) is 5.15. The Morgan fingerprint density at radius 1 is 0.447 bits per heavy atom. The van der Waals surface area contributed by atoms with Gasteiger partial charge in [0.2, 0.25) is 0 Å². The molecule has 0 unspecified atom stereocenters. The van der Waals surface area contributed by atoms with E-state index in [-0.39, 0.29) is 16.7 Å². The van der Waals surface area contributed by atoms with Gasteiger partial charge < -0.3 is 9.53 Å². The van der Waals surface area contributed by atoms with Crippen LogP contribution < -0.4 is 4.74 Å². The zero-order chi connectivity index (χ0) is 33.9. The zero-order valence-corrected chi connectivity index (χ0v) is 25.3. The van der Waals surface area contributed by atoms with Crippen LogP contribution >= 0.6 is 0 Å². The van der Waals surface area contributed by atoms with E-state index < -0.39 is 40.7 Å². The second-order valence-electron chi connectivity index (χ2n) is 10.8. The van der Waals surface area contributed by atoms with Crippen LogP contribution in [0.1, 0.15) is 37.7 Å². The van der Waals surface area contributed by atoms with Crippen LogP contribution in [0.15, 0.2) is 91.0 Å². The van der Waals surface area contributed by atoms with Crippen LogP contribution in [-0.2, 0) is 11.2 Å². The third-order valence-electron chi connectivity index (χ3n) is 7.59. The maximum atomic E-state index is 14.8. The van der Waals surface area contributed by atoms with Crippen molar-refractivity contribution in [2.24, 2.45) is 0 Å². The highest BCUT2D eigenvalue weighted by atomic mass is 19.2. The second-order valence-corrected chi connectivity index (χ2v) is 10.8. The van der Waals surface area contributed by atoms with Crippen LogP contribution in [0.4, 0.5) is 30.7 Å². The third kappa shape index (κ3) is 9.09. The molecule has 0 bridgehead atoms. The van der Waals surface area contributed by atoms with Gasteiger partial charge in [-0.15, -0.1) is 0 Å². The molecule has 0 heterocycles. The van der Waals surface area contributed by atoms with Crippen LogP contribution in [0.5, 0.6) is 5.75 Å². The number of aryl methyl sites for hydroxylation is 1. The molecule has 0 radical (unpaired) electrons. The van der Waals surface area contributed by atoms with E-state index >= 15 is 0 Å². The van der Waals surface area contributed by atoms with E-state index in [4.69, 9.17) is 9.53 Å². The number of benzene rings is 5. The Kier molecular flexibility index (Phi) is 12.3. The predicted octanol–water partition coefficient (Wildman–Crippen LogP) is 11.0. The van der Waals surface area contributed by atoms with Crippen molar-refractivity contribution < 1.29 is 40.3 Å². The van der Waals surface area contributed by atoms with Crippen LogP contribution in [0, 0.1) is 40.7 Å². The summed E-state index contributed by atoms with van der Waals surface area (Å²) in [6, 6.07) is 21.1. The molecule has 0 spiro atoms. The SMILES string of the molecule is C=O.Fc1ccc(-c2ccc(CCCCCCCOc3ccc(-c4ccc(-c5cc(F)c(F)c(F)c5)c(F)c4)cc3)cc2F)cc1F. The molecule has 0 saturated carbocycles. The number of rotatable bonds is 12.